The van der Waals surface area contributed by atoms with Crippen molar-refractivity contribution in [1.82, 2.24) is 0 Å². The number of piperidine rings is 1. The number of fused-ring (bicyclic) bond motifs is 1. The van der Waals surface area contributed by atoms with E-state index in [2.05, 4.69) is 56.1 Å². The fourth-order valence-corrected chi connectivity index (χ4v) is 3.41. The molecule has 1 fully saturated rings. The highest BCUT2D eigenvalue weighted by atomic mass is 79.9. The summed E-state index contributed by atoms with van der Waals surface area (Å²) >= 11 is 6.93. The largest absolute Gasteiger partial charge is 0.311 e. The van der Waals surface area contributed by atoms with Crippen molar-refractivity contribution >= 4 is 54.2 Å². The summed E-state index contributed by atoms with van der Waals surface area (Å²) in [6.07, 6.45) is 1.97. The SMILES string of the molecule is O=C1C(Br)CCCN1c1ccc2cc(Br)ccc2c1. The molecule has 0 radical (unpaired) electrons. The van der Waals surface area contributed by atoms with Gasteiger partial charge in [0.25, 0.3) is 0 Å². The van der Waals surface area contributed by atoms with Gasteiger partial charge in [0.1, 0.15) is 0 Å². The standard InChI is InChI=1S/C15H13Br2NO/c16-12-5-3-11-9-13(6-4-10(11)8-12)18-7-1-2-14(17)15(18)19/h3-6,8-9,14H,1-2,7H2. The van der Waals surface area contributed by atoms with E-state index in [9.17, 15) is 4.79 Å². The summed E-state index contributed by atoms with van der Waals surface area (Å²) in [6, 6.07) is 12.4. The van der Waals surface area contributed by atoms with Crippen molar-refractivity contribution in [3.8, 4) is 0 Å². The molecule has 19 heavy (non-hydrogen) atoms. The smallest absolute Gasteiger partial charge is 0.240 e. The summed E-state index contributed by atoms with van der Waals surface area (Å²) in [6.45, 7) is 0.809. The Kier molecular flexibility index (Phi) is 3.63. The van der Waals surface area contributed by atoms with Gasteiger partial charge in [-0.25, -0.2) is 0 Å². The summed E-state index contributed by atoms with van der Waals surface area (Å²) in [5, 5.41) is 2.34. The van der Waals surface area contributed by atoms with Crippen LogP contribution in [0.4, 0.5) is 5.69 Å². The summed E-state index contributed by atoms with van der Waals surface area (Å²) in [7, 11) is 0. The molecule has 0 aliphatic carbocycles. The van der Waals surface area contributed by atoms with Crippen LogP contribution in [0, 0.1) is 0 Å². The molecule has 1 amide bonds. The molecule has 3 rings (SSSR count). The maximum atomic E-state index is 12.2. The Morgan fingerprint density at radius 3 is 2.68 bits per heavy atom. The molecule has 2 aromatic carbocycles. The Morgan fingerprint density at radius 2 is 1.84 bits per heavy atom. The average molecular weight is 383 g/mol. The monoisotopic (exact) mass is 381 g/mol. The van der Waals surface area contributed by atoms with Gasteiger partial charge in [0, 0.05) is 16.7 Å². The molecule has 0 bridgehead atoms. The van der Waals surface area contributed by atoms with Gasteiger partial charge in [-0.3, -0.25) is 4.79 Å². The molecule has 1 aliphatic heterocycles. The fourth-order valence-electron chi connectivity index (χ4n) is 2.46. The van der Waals surface area contributed by atoms with Crippen LogP contribution in [-0.2, 0) is 4.79 Å². The second kappa shape index (κ2) is 5.25. The van der Waals surface area contributed by atoms with Crippen LogP contribution < -0.4 is 4.90 Å². The summed E-state index contributed by atoms with van der Waals surface area (Å²) in [5.74, 6) is 0.169. The lowest BCUT2D eigenvalue weighted by atomic mass is 10.1. The van der Waals surface area contributed by atoms with Crippen LogP contribution in [0.15, 0.2) is 40.9 Å². The predicted octanol–water partition coefficient (Wildman–Crippen LogP) is 4.49. The van der Waals surface area contributed by atoms with Gasteiger partial charge in [-0.05, 0) is 47.9 Å². The number of rotatable bonds is 1. The van der Waals surface area contributed by atoms with Gasteiger partial charge < -0.3 is 4.90 Å². The van der Waals surface area contributed by atoms with E-state index in [-0.39, 0.29) is 10.7 Å². The molecule has 4 heteroatoms. The van der Waals surface area contributed by atoms with Crippen LogP contribution in [-0.4, -0.2) is 17.3 Å². The van der Waals surface area contributed by atoms with Crippen molar-refractivity contribution in [2.24, 2.45) is 0 Å². The van der Waals surface area contributed by atoms with E-state index in [1.807, 2.05) is 17.0 Å². The van der Waals surface area contributed by atoms with Crippen LogP contribution in [0.1, 0.15) is 12.8 Å². The van der Waals surface area contributed by atoms with Crippen molar-refractivity contribution < 1.29 is 4.79 Å². The Bertz CT molecular complexity index is 641. The number of nitrogens with zero attached hydrogens (tertiary/aromatic N) is 1. The van der Waals surface area contributed by atoms with Crippen LogP contribution in [0.5, 0.6) is 0 Å². The molecule has 1 aliphatic rings. The molecule has 1 unspecified atom stereocenters. The zero-order valence-electron chi connectivity index (χ0n) is 10.3. The Labute approximate surface area is 129 Å². The summed E-state index contributed by atoms with van der Waals surface area (Å²) in [5.41, 5.74) is 0.990. The highest BCUT2D eigenvalue weighted by Crippen LogP contribution is 2.28. The van der Waals surface area contributed by atoms with E-state index in [0.717, 1.165) is 34.9 Å². The first-order valence-corrected chi connectivity index (χ1v) is 8.01. The third-order valence-corrected chi connectivity index (χ3v) is 4.81. The molecular formula is C15H13Br2NO. The maximum absolute atomic E-state index is 12.2. The van der Waals surface area contributed by atoms with Gasteiger partial charge >= 0.3 is 0 Å². The number of halogens is 2. The van der Waals surface area contributed by atoms with Crippen LogP contribution in [0.25, 0.3) is 10.8 Å². The highest BCUT2D eigenvalue weighted by Gasteiger charge is 2.27. The Hall–Kier alpha value is -0.870. The van der Waals surface area contributed by atoms with Gasteiger partial charge in [0.05, 0.1) is 4.83 Å². The van der Waals surface area contributed by atoms with E-state index in [1.165, 1.54) is 5.39 Å². The first-order chi connectivity index (χ1) is 9.15. The second-order valence-corrected chi connectivity index (χ2v) is 6.80. The number of benzene rings is 2. The first-order valence-electron chi connectivity index (χ1n) is 6.30. The molecular weight excluding hydrogens is 370 g/mol. The summed E-state index contributed by atoms with van der Waals surface area (Å²) < 4.78 is 1.07. The molecule has 2 nitrogen and oxygen atoms in total. The number of carbonyl (C=O) groups is 1. The number of amides is 1. The minimum atomic E-state index is -0.0399. The quantitative estimate of drug-likeness (QED) is 0.665. The van der Waals surface area contributed by atoms with Gasteiger partial charge in [0.2, 0.25) is 5.91 Å². The number of hydrogen-bond acceptors (Lipinski definition) is 1. The molecule has 2 aromatic rings. The maximum Gasteiger partial charge on any atom is 0.240 e. The Balaban J connectivity index is 2.01. The fraction of sp³-hybridized carbons (Fsp3) is 0.267. The number of anilines is 1. The molecule has 98 valence electrons. The molecule has 0 aromatic heterocycles. The lowest BCUT2D eigenvalue weighted by Gasteiger charge is -2.30. The third-order valence-electron chi connectivity index (χ3n) is 3.47. The van der Waals surface area contributed by atoms with E-state index < -0.39 is 0 Å². The van der Waals surface area contributed by atoms with E-state index >= 15 is 0 Å². The minimum absolute atomic E-state index is 0.0399. The molecule has 0 N–H and O–H groups in total. The third kappa shape index (κ3) is 2.56. The lowest BCUT2D eigenvalue weighted by molar-refractivity contribution is -0.118. The molecule has 0 spiro atoms. The summed E-state index contributed by atoms with van der Waals surface area (Å²) in [4.78, 5) is 14.0. The van der Waals surface area contributed by atoms with Crippen molar-refractivity contribution in [1.29, 1.82) is 0 Å². The number of carbonyl (C=O) groups excluding carboxylic acids is 1. The topological polar surface area (TPSA) is 20.3 Å². The van der Waals surface area contributed by atoms with Crippen LogP contribution in [0.2, 0.25) is 0 Å². The zero-order chi connectivity index (χ0) is 13.4. The predicted molar refractivity (Wildman–Crippen MR) is 86.0 cm³/mol. The number of alkyl halides is 1. The molecule has 1 atom stereocenters. The second-order valence-electron chi connectivity index (χ2n) is 4.78. The molecule has 1 saturated heterocycles. The molecule has 1 heterocycles. The minimum Gasteiger partial charge on any atom is -0.311 e. The van der Waals surface area contributed by atoms with Crippen LogP contribution in [0.3, 0.4) is 0 Å². The normalized spacial score (nSPS) is 20.0. The van der Waals surface area contributed by atoms with Crippen LogP contribution >= 0.6 is 31.9 Å². The lowest BCUT2D eigenvalue weighted by Crippen LogP contribution is -2.41. The van der Waals surface area contributed by atoms with Crippen molar-refractivity contribution in [2.75, 3.05) is 11.4 Å². The van der Waals surface area contributed by atoms with Gasteiger partial charge in [-0.2, -0.15) is 0 Å². The Morgan fingerprint density at radius 1 is 1.11 bits per heavy atom. The van der Waals surface area contributed by atoms with Gasteiger partial charge in [-0.15, -0.1) is 0 Å². The first kappa shape index (κ1) is 13.1. The molecule has 0 saturated carbocycles. The highest BCUT2D eigenvalue weighted by molar-refractivity contribution is 9.10. The number of hydrogen-bond donors (Lipinski definition) is 0. The van der Waals surface area contributed by atoms with Crippen molar-refractivity contribution in [2.45, 2.75) is 17.7 Å². The van der Waals surface area contributed by atoms with Gasteiger partial charge in [0.15, 0.2) is 0 Å². The van der Waals surface area contributed by atoms with Crippen molar-refractivity contribution in [3.05, 3.63) is 40.9 Å². The van der Waals surface area contributed by atoms with Gasteiger partial charge in [-0.1, -0.05) is 44.0 Å². The van der Waals surface area contributed by atoms with E-state index in [0.29, 0.717) is 0 Å². The zero-order valence-corrected chi connectivity index (χ0v) is 13.4. The van der Waals surface area contributed by atoms with E-state index in [1.54, 1.807) is 0 Å². The van der Waals surface area contributed by atoms with E-state index in [4.69, 9.17) is 0 Å². The average Bonchev–Trinajstić information content (AvgIpc) is 2.41. The van der Waals surface area contributed by atoms with Crippen molar-refractivity contribution in [3.63, 3.8) is 0 Å².